The van der Waals surface area contributed by atoms with E-state index < -0.39 is 15.1 Å². The van der Waals surface area contributed by atoms with Crippen molar-refractivity contribution in [2.24, 2.45) is 0 Å². The van der Waals surface area contributed by atoms with Crippen molar-refractivity contribution in [2.75, 3.05) is 12.0 Å². The Morgan fingerprint density at radius 3 is 2.58 bits per heavy atom. The molecule has 7 heteroatoms. The molecule has 0 aliphatic heterocycles. The first-order chi connectivity index (χ1) is 8.82. The second kappa shape index (κ2) is 4.97. The minimum atomic E-state index is -3.28. The van der Waals surface area contributed by atoms with Gasteiger partial charge in [-0.3, -0.25) is 0 Å². The number of hydrogen-bond acceptors (Lipinski definition) is 5. The first-order valence-electron chi connectivity index (χ1n) is 5.51. The van der Waals surface area contributed by atoms with E-state index in [0.717, 1.165) is 16.3 Å². The van der Waals surface area contributed by atoms with Crippen LogP contribution in [0.2, 0.25) is 0 Å². The molecule has 0 saturated heterocycles. The summed E-state index contributed by atoms with van der Waals surface area (Å²) in [7, 11) is -3.28. The third kappa shape index (κ3) is 2.66. The van der Waals surface area contributed by atoms with Crippen LogP contribution in [0.3, 0.4) is 0 Å². The molecule has 2 aromatic rings. The highest BCUT2D eigenvalue weighted by Gasteiger charge is 2.27. The molecule has 0 saturated carbocycles. The fraction of sp³-hybridized carbons (Fsp3) is 0.250. The molecule has 0 aliphatic rings. The van der Waals surface area contributed by atoms with Crippen molar-refractivity contribution in [1.82, 2.24) is 5.16 Å². The molecular weight excluding hydrogens is 332 g/mol. The van der Waals surface area contributed by atoms with Gasteiger partial charge in [-0.1, -0.05) is 39.3 Å². The SMILES string of the molecule is CC(c1noc(N)c1-c1ccccc1Br)S(C)(=O)=O. The molecular formula is C12H13BrN2O3S. The van der Waals surface area contributed by atoms with E-state index in [0.29, 0.717) is 11.3 Å². The van der Waals surface area contributed by atoms with Crippen molar-refractivity contribution in [3.05, 3.63) is 34.4 Å². The molecule has 0 fully saturated rings. The first kappa shape index (κ1) is 14.1. The van der Waals surface area contributed by atoms with E-state index in [9.17, 15) is 8.42 Å². The van der Waals surface area contributed by atoms with E-state index in [-0.39, 0.29) is 5.88 Å². The van der Waals surface area contributed by atoms with Crippen molar-refractivity contribution >= 4 is 31.7 Å². The lowest BCUT2D eigenvalue weighted by molar-refractivity contribution is 0.427. The maximum absolute atomic E-state index is 11.7. The molecule has 1 unspecified atom stereocenters. The first-order valence-corrected chi connectivity index (χ1v) is 8.26. The van der Waals surface area contributed by atoms with Gasteiger partial charge in [-0.2, -0.15) is 0 Å². The average molecular weight is 345 g/mol. The number of nitrogens with zero attached hydrogens (tertiary/aromatic N) is 1. The van der Waals surface area contributed by atoms with Gasteiger partial charge < -0.3 is 10.3 Å². The molecule has 2 N–H and O–H groups in total. The third-order valence-electron chi connectivity index (χ3n) is 2.92. The van der Waals surface area contributed by atoms with Crippen LogP contribution in [0.5, 0.6) is 0 Å². The number of benzene rings is 1. The number of nitrogens with two attached hydrogens (primary N) is 1. The third-order valence-corrected chi connectivity index (χ3v) is 5.11. The standard InChI is InChI=1S/C12H13BrN2O3S/c1-7(19(2,16)17)11-10(12(14)18-15-11)8-5-3-4-6-9(8)13/h3-7H,14H2,1-2H3. The molecule has 0 spiro atoms. The van der Waals surface area contributed by atoms with E-state index in [1.807, 2.05) is 24.3 Å². The molecule has 0 bridgehead atoms. The summed E-state index contributed by atoms with van der Waals surface area (Å²) < 4.78 is 29.1. The van der Waals surface area contributed by atoms with Gasteiger partial charge in [-0.05, 0) is 13.0 Å². The Balaban J connectivity index is 2.66. The highest BCUT2D eigenvalue weighted by atomic mass is 79.9. The summed E-state index contributed by atoms with van der Waals surface area (Å²) >= 11 is 3.41. The van der Waals surface area contributed by atoms with Crippen LogP contribution >= 0.6 is 15.9 Å². The lowest BCUT2D eigenvalue weighted by Crippen LogP contribution is -2.09. The number of sulfone groups is 1. The van der Waals surface area contributed by atoms with Crippen LogP contribution in [-0.2, 0) is 9.84 Å². The highest BCUT2D eigenvalue weighted by Crippen LogP contribution is 2.38. The van der Waals surface area contributed by atoms with Crippen LogP contribution in [0, 0.1) is 0 Å². The van der Waals surface area contributed by atoms with E-state index in [1.54, 1.807) is 6.92 Å². The van der Waals surface area contributed by atoms with Gasteiger partial charge in [0.2, 0.25) is 5.88 Å². The average Bonchev–Trinajstić information content (AvgIpc) is 2.69. The van der Waals surface area contributed by atoms with Gasteiger partial charge in [0.1, 0.15) is 10.9 Å². The predicted octanol–water partition coefficient (Wildman–Crippen LogP) is 2.79. The molecule has 5 nitrogen and oxygen atoms in total. The Morgan fingerprint density at radius 2 is 2.00 bits per heavy atom. The second-order valence-corrected chi connectivity index (χ2v) is 7.48. The molecule has 2 rings (SSSR count). The molecule has 0 aliphatic carbocycles. The monoisotopic (exact) mass is 344 g/mol. The van der Waals surface area contributed by atoms with Crippen LogP contribution in [0.15, 0.2) is 33.3 Å². The fourth-order valence-corrected chi connectivity index (χ4v) is 2.78. The zero-order valence-corrected chi connectivity index (χ0v) is 12.8. The highest BCUT2D eigenvalue weighted by molar-refractivity contribution is 9.10. The van der Waals surface area contributed by atoms with Crippen molar-refractivity contribution in [3.63, 3.8) is 0 Å². The van der Waals surface area contributed by atoms with Gasteiger partial charge in [0.25, 0.3) is 0 Å². The number of halogens is 1. The van der Waals surface area contributed by atoms with Gasteiger partial charge in [-0.15, -0.1) is 0 Å². The van der Waals surface area contributed by atoms with Crippen LogP contribution in [0.1, 0.15) is 17.9 Å². The number of hydrogen-bond donors (Lipinski definition) is 1. The lowest BCUT2D eigenvalue weighted by Gasteiger charge is -2.09. The number of anilines is 1. The summed E-state index contributed by atoms with van der Waals surface area (Å²) in [4.78, 5) is 0. The minimum absolute atomic E-state index is 0.109. The maximum atomic E-state index is 11.7. The number of nitrogen functional groups attached to an aromatic ring is 1. The van der Waals surface area contributed by atoms with Crippen molar-refractivity contribution in [3.8, 4) is 11.1 Å². The zero-order valence-electron chi connectivity index (χ0n) is 10.4. The van der Waals surface area contributed by atoms with Crippen LogP contribution in [0.4, 0.5) is 5.88 Å². The van der Waals surface area contributed by atoms with Crippen molar-refractivity contribution in [1.29, 1.82) is 0 Å². The Kier molecular flexibility index (Phi) is 3.69. The fourth-order valence-electron chi connectivity index (χ4n) is 1.73. The maximum Gasteiger partial charge on any atom is 0.230 e. The molecule has 0 amide bonds. The largest absolute Gasteiger partial charge is 0.367 e. The van der Waals surface area contributed by atoms with E-state index >= 15 is 0 Å². The molecule has 0 radical (unpaired) electrons. The summed E-state index contributed by atoms with van der Waals surface area (Å²) in [6.45, 7) is 1.56. The van der Waals surface area contributed by atoms with Crippen LogP contribution < -0.4 is 5.73 Å². The predicted molar refractivity (Wildman–Crippen MR) is 77.3 cm³/mol. The number of rotatable bonds is 3. The molecule has 1 heterocycles. The molecule has 1 aromatic heterocycles. The molecule has 19 heavy (non-hydrogen) atoms. The smallest absolute Gasteiger partial charge is 0.230 e. The van der Waals surface area contributed by atoms with Crippen LogP contribution in [0.25, 0.3) is 11.1 Å². The van der Waals surface area contributed by atoms with Gasteiger partial charge in [0, 0.05) is 16.3 Å². The quantitative estimate of drug-likeness (QED) is 0.924. The van der Waals surface area contributed by atoms with Crippen molar-refractivity contribution < 1.29 is 12.9 Å². The summed E-state index contributed by atoms with van der Waals surface area (Å²) in [5.74, 6) is 0.109. The van der Waals surface area contributed by atoms with E-state index in [4.69, 9.17) is 10.3 Å². The van der Waals surface area contributed by atoms with E-state index in [2.05, 4.69) is 21.1 Å². The Bertz CT molecular complexity index is 710. The lowest BCUT2D eigenvalue weighted by atomic mass is 10.0. The summed E-state index contributed by atoms with van der Waals surface area (Å²) in [5.41, 5.74) is 7.38. The molecule has 1 aromatic carbocycles. The van der Waals surface area contributed by atoms with Crippen LogP contribution in [-0.4, -0.2) is 19.8 Å². The zero-order chi connectivity index (χ0) is 14.2. The second-order valence-electron chi connectivity index (χ2n) is 4.26. The van der Waals surface area contributed by atoms with Gasteiger partial charge in [0.05, 0.1) is 5.56 Å². The van der Waals surface area contributed by atoms with Gasteiger partial charge in [0.15, 0.2) is 9.84 Å². The number of aromatic nitrogens is 1. The van der Waals surface area contributed by atoms with Crippen molar-refractivity contribution in [2.45, 2.75) is 12.2 Å². The Hall–Kier alpha value is -1.34. The van der Waals surface area contributed by atoms with Gasteiger partial charge >= 0.3 is 0 Å². The summed E-state index contributed by atoms with van der Waals surface area (Å²) in [6, 6.07) is 7.36. The van der Waals surface area contributed by atoms with E-state index in [1.165, 1.54) is 0 Å². The topological polar surface area (TPSA) is 86.2 Å². The summed E-state index contributed by atoms with van der Waals surface area (Å²) in [5, 5.41) is 3.02. The minimum Gasteiger partial charge on any atom is -0.367 e. The normalized spacial score (nSPS) is 13.4. The molecule has 102 valence electrons. The summed E-state index contributed by atoms with van der Waals surface area (Å²) in [6.07, 6.45) is 1.16. The Morgan fingerprint density at radius 1 is 1.37 bits per heavy atom. The Labute approximate surface area is 119 Å². The van der Waals surface area contributed by atoms with Gasteiger partial charge in [-0.25, -0.2) is 8.42 Å². The molecule has 1 atom stereocenters.